The van der Waals surface area contributed by atoms with Gasteiger partial charge in [0.15, 0.2) is 0 Å². The van der Waals surface area contributed by atoms with E-state index in [1.807, 2.05) is 54.6 Å². The standard InChI is InChI=1S/C21H25N3O3.ClH/c1-27-18-9-7-15(8-10-18)13-24-14-17(11-20(24)25)21(26)23-12-19(22)16-5-3-2-4-6-16;/h2-10,17,19H,11-14,22H2,1H3,(H,23,26);1H. The van der Waals surface area contributed by atoms with Crippen LogP contribution in [0.5, 0.6) is 5.75 Å². The molecule has 0 saturated carbocycles. The third-order valence-corrected chi connectivity index (χ3v) is 4.84. The lowest BCUT2D eigenvalue weighted by molar-refractivity contribution is -0.129. The van der Waals surface area contributed by atoms with Gasteiger partial charge in [-0.2, -0.15) is 0 Å². The average Bonchev–Trinajstić information content (AvgIpc) is 3.07. The van der Waals surface area contributed by atoms with Crippen molar-refractivity contribution in [2.24, 2.45) is 11.7 Å². The van der Waals surface area contributed by atoms with Crippen molar-refractivity contribution in [3.63, 3.8) is 0 Å². The number of nitrogens with one attached hydrogen (secondary N) is 1. The first kappa shape index (κ1) is 21.7. The molecule has 1 fully saturated rings. The van der Waals surface area contributed by atoms with E-state index < -0.39 is 0 Å². The molecule has 2 unspecified atom stereocenters. The molecule has 1 heterocycles. The molecule has 1 saturated heterocycles. The molecule has 3 N–H and O–H groups in total. The minimum absolute atomic E-state index is 0. The lowest BCUT2D eigenvalue weighted by Crippen LogP contribution is -2.37. The Kier molecular flexibility index (Phi) is 7.84. The molecule has 0 aliphatic carbocycles. The predicted molar refractivity (Wildman–Crippen MR) is 110 cm³/mol. The van der Waals surface area contributed by atoms with Gasteiger partial charge >= 0.3 is 0 Å². The molecule has 1 aliphatic heterocycles. The zero-order valence-corrected chi connectivity index (χ0v) is 16.7. The lowest BCUT2D eigenvalue weighted by atomic mass is 10.1. The maximum Gasteiger partial charge on any atom is 0.225 e. The summed E-state index contributed by atoms with van der Waals surface area (Å²) in [7, 11) is 1.62. The number of methoxy groups -OCH3 is 1. The van der Waals surface area contributed by atoms with Gasteiger partial charge in [0.25, 0.3) is 0 Å². The van der Waals surface area contributed by atoms with E-state index in [1.165, 1.54) is 0 Å². The second kappa shape index (κ2) is 10.1. The summed E-state index contributed by atoms with van der Waals surface area (Å²) in [4.78, 5) is 26.4. The Labute approximate surface area is 171 Å². The van der Waals surface area contributed by atoms with E-state index in [4.69, 9.17) is 10.5 Å². The van der Waals surface area contributed by atoms with Crippen molar-refractivity contribution in [3.05, 3.63) is 65.7 Å². The molecule has 2 atom stereocenters. The van der Waals surface area contributed by atoms with Gasteiger partial charge < -0.3 is 20.7 Å². The lowest BCUT2D eigenvalue weighted by Gasteiger charge is -2.18. The van der Waals surface area contributed by atoms with E-state index in [0.29, 0.717) is 19.6 Å². The fourth-order valence-corrected chi connectivity index (χ4v) is 3.22. The number of hydrogen-bond donors (Lipinski definition) is 2. The molecule has 2 amide bonds. The van der Waals surface area contributed by atoms with E-state index in [-0.39, 0.29) is 42.6 Å². The zero-order valence-electron chi connectivity index (χ0n) is 15.8. The van der Waals surface area contributed by atoms with Gasteiger partial charge in [0.05, 0.1) is 13.0 Å². The Balaban J connectivity index is 0.00000280. The highest BCUT2D eigenvalue weighted by Gasteiger charge is 2.34. The molecule has 0 bridgehead atoms. The topological polar surface area (TPSA) is 84.7 Å². The van der Waals surface area contributed by atoms with Crippen LogP contribution in [0.15, 0.2) is 54.6 Å². The number of benzene rings is 2. The number of halogens is 1. The van der Waals surface area contributed by atoms with Crippen LogP contribution >= 0.6 is 12.4 Å². The van der Waals surface area contributed by atoms with Crippen LogP contribution in [-0.2, 0) is 16.1 Å². The minimum atomic E-state index is -0.335. The quantitative estimate of drug-likeness (QED) is 0.742. The van der Waals surface area contributed by atoms with Gasteiger partial charge in [-0.15, -0.1) is 12.4 Å². The molecule has 3 rings (SSSR count). The number of amides is 2. The van der Waals surface area contributed by atoms with Crippen LogP contribution in [0.4, 0.5) is 0 Å². The van der Waals surface area contributed by atoms with Crippen molar-refractivity contribution in [1.82, 2.24) is 10.2 Å². The Hall–Kier alpha value is -2.57. The van der Waals surface area contributed by atoms with E-state index in [1.54, 1.807) is 12.0 Å². The maximum absolute atomic E-state index is 12.4. The number of ether oxygens (including phenoxy) is 1. The summed E-state index contributed by atoms with van der Waals surface area (Å²) in [5, 5.41) is 2.88. The Bertz CT molecular complexity index is 783. The second-order valence-electron chi connectivity index (χ2n) is 6.79. The highest BCUT2D eigenvalue weighted by molar-refractivity contribution is 5.89. The summed E-state index contributed by atoms with van der Waals surface area (Å²) in [6.45, 7) is 1.28. The molecule has 0 radical (unpaired) electrons. The van der Waals surface area contributed by atoms with Crippen molar-refractivity contribution in [2.45, 2.75) is 19.0 Å². The predicted octanol–water partition coefficient (Wildman–Crippen LogP) is 2.28. The van der Waals surface area contributed by atoms with Gasteiger partial charge in [0, 0.05) is 32.1 Å². The first-order chi connectivity index (χ1) is 13.1. The molecule has 6 nitrogen and oxygen atoms in total. The van der Waals surface area contributed by atoms with Crippen LogP contribution in [0, 0.1) is 5.92 Å². The van der Waals surface area contributed by atoms with Gasteiger partial charge in [-0.1, -0.05) is 42.5 Å². The number of carbonyl (C=O) groups excluding carboxylic acids is 2. The summed E-state index contributed by atoms with van der Waals surface area (Å²) >= 11 is 0. The molecule has 0 spiro atoms. The second-order valence-corrected chi connectivity index (χ2v) is 6.79. The van der Waals surface area contributed by atoms with Gasteiger partial charge in [-0.3, -0.25) is 9.59 Å². The smallest absolute Gasteiger partial charge is 0.225 e. The normalized spacial score (nSPS) is 17.0. The van der Waals surface area contributed by atoms with Crippen molar-refractivity contribution in [2.75, 3.05) is 20.2 Å². The number of nitrogens with zero attached hydrogens (tertiary/aromatic N) is 1. The highest BCUT2D eigenvalue weighted by Crippen LogP contribution is 2.21. The van der Waals surface area contributed by atoms with Crippen LogP contribution in [0.1, 0.15) is 23.6 Å². The molecule has 2 aromatic carbocycles. The first-order valence-corrected chi connectivity index (χ1v) is 9.05. The SMILES string of the molecule is COc1ccc(CN2CC(C(=O)NCC(N)c3ccccc3)CC2=O)cc1.Cl. The van der Waals surface area contributed by atoms with Gasteiger partial charge in [-0.25, -0.2) is 0 Å². The van der Waals surface area contributed by atoms with E-state index in [9.17, 15) is 9.59 Å². The van der Waals surface area contributed by atoms with Crippen LogP contribution in [0.3, 0.4) is 0 Å². The number of rotatable bonds is 7. The zero-order chi connectivity index (χ0) is 19.2. The Morgan fingerprint density at radius 3 is 2.54 bits per heavy atom. The third-order valence-electron chi connectivity index (χ3n) is 4.84. The summed E-state index contributed by atoms with van der Waals surface area (Å²) < 4.78 is 5.14. The van der Waals surface area contributed by atoms with Crippen molar-refractivity contribution in [1.29, 1.82) is 0 Å². The maximum atomic E-state index is 12.4. The van der Waals surface area contributed by atoms with Crippen molar-refractivity contribution in [3.8, 4) is 5.75 Å². The average molecular weight is 404 g/mol. The van der Waals surface area contributed by atoms with E-state index >= 15 is 0 Å². The van der Waals surface area contributed by atoms with Gasteiger partial charge in [0.2, 0.25) is 11.8 Å². The summed E-state index contributed by atoms with van der Waals surface area (Å²) in [5.41, 5.74) is 8.10. The summed E-state index contributed by atoms with van der Waals surface area (Å²) in [6, 6.07) is 17.0. The van der Waals surface area contributed by atoms with E-state index in [0.717, 1.165) is 16.9 Å². The number of nitrogens with two attached hydrogens (primary N) is 1. The number of likely N-dealkylation sites (tertiary alicyclic amines) is 1. The number of hydrogen-bond acceptors (Lipinski definition) is 4. The monoisotopic (exact) mass is 403 g/mol. The molecule has 2 aromatic rings. The molecule has 1 aliphatic rings. The molecule has 150 valence electrons. The third kappa shape index (κ3) is 5.47. The fourth-order valence-electron chi connectivity index (χ4n) is 3.22. The number of carbonyl (C=O) groups is 2. The van der Waals surface area contributed by atoms with Gasteiger partial charge in [-0.05, 0) is 23.3 Å². The van der Waals surface area contributed by atoms with Crippen LogP contribution in [0.2, 0.25) is 0 Å². The van der Waals surface area contributed by atoms with Crippen LogP contribution in [0.25, 0.3) is 0 Å². The fraction of sp³-hybridized carbons (Fsp3) is 0.333. The van der Waals surface area contributed by atoms with E-state index in [2.05, 4.69) is 5.32 Å². The van der Waals surface area contributed by atoms with Crippen LogP contribution < -0.4 is 15.8 Å². The van der Waals surface area contributed by atoms with Crippen molar-refractivity contribution >= 4 is 24.2 Å². The van der Waals surface area contributed by atoms with Crippen LogP contribution in [-0.4, -0.2) is 36.9 Å². The molecule has 28 heavy (non-hydrogen) atoms. The Morgan fingerprint density at radius 1 is 1.21 bits per heavy atom. The summed E-state index contributed by atoms with van der Waals surface area (Å²) in [5.74, 6) is 0.322. The molecular weight excluding hydrogens is 378 g/mol. The summed E-state index contributed by atoms with van der Waals surface area (Å²) in [6.07, 6.45) is 0.239. The first-order valence-electron chi connectivity index (χ1n) is 9.05. The molecule has 0 aromatic heterocycles. The molecular formula is C21H26ClN3O3. The largest absolute Gasteiger partial charge is 0.497 e. The van der Waals surface area contributed by atoms with Gasteiger partial charge in [0.1, 0.15) is 5.75 Å². The Morgan fingerprint density at radius 2 is 1.89 bits per heavy atom. The molecule has 7 heteroatoms. The van der Waals surface area contributed by atoms with Crippen molar-refractivity contribution < 1.29 is 14.3 Å². The highest BCUT2D eigenvalue weighted by atomic mass is 35.5. The minimum Gasteiger partial charge on any atom is -0.497 e.